The summed E-state index contributed by atoms with van der Waals surface area (Å²) < 4.78 is 0.486. The van der Waals surface area contributed by atoms with Gasteiger partial charge in [-0.2, -0.15) is 0 Å². The summed E-state index contributed by atoms with van der Waals surface area (Å²) in [5, 5.41) is 18.7. The fourth-order valence-corrected chi connectivity index (χ4v) is 1.06. The summed E-state index contributed by atoms with van der Waals surface area (Å²) >= 11 is 0. The molecule has 0 radical (unpaired) electrons. The monoisotopic (exact) mass is 295 g/mol. The van der Waals surface area contributed by atoms with Gasteiger partial charge in [-0.15, -0.1) is 0 Å². The van der Waals surface area contributed by atoms with Crippen molar-refractivity contribution in [2.24, 2.45) is 0 Å². The summed E-state index contributed by atoms with van der Waals surface area (Å²) in [6.07, 6.45) is 0. The molecule has 0 saturated carbocycles. The van der Waals surface area contributed by atoms with Crippen LogP contribution in [0.1, 0.15) is 0 Å². The van der Waals surface area contributed by atoms with E-state index in [9.17, 15) is 10.2 Å². The van der Waals surface area contributed by atoms with Gasteiger partial charge in [0.1, 0.15) is 0 Å². The molecule has 1 aromatic carbocycles. The van der Waals surface area contributed by atoms with Crippen LogP contribution in [0.5, 0.6) is 11.5 Å². The standard InChI is InChI=1S/C9H13NO2.HI/c1-10(2,3)7-5-4-6-8(11)9(7)12;/h4-6H,1-3H3,(H-,11,12);1H. The van der Waals surface area contributed by atoms with Crippen molar-refractivity contribution in [2.45, 2.75) is 0 Å². The van der Waals surface area contributed by atoms with Gasteiger partial charge in [0.15, 0.2) is 11.4 Å². The third-order valence-corrected chi connectivity index (χ3v) is 1.72. The van der Waals surface area contributed by atoms with E-state index in [0.29, 0.717) is 10.2 Å². The topological polar surface area (TPSA) is 40.5 Å². The van der Waals surface area contributed by atoms with Crippen LogP contribution in [0.25, 0.3) is 0 Å². The van der Waals surface area contributed by atoms with Gasteiger partial charge in [-0.3, -0.25) is 4.48 Å². The average Bonchev–Trinajstić information content (AvgIpc) is 1.92. The highest BCUT2D eigenvalue weighted by Gasteiger charge is 2.19. The van der Waals surface area contributed by atoms with Gasteiger partial charge in [-0.1, -0.05) is 6.07 Å². The minimum atomic E-state index is -0.0689. The number of aromatic hydroxyl groups is 2. The van der Waals surface area contributed by atoms with Crippen LogP contribution >= 0.6 is 0 Å². The Morgan fingerprint density at radius 2 is 1.62 bits per heavy atom. The average molecular weight is 295 g/mol. The smallest absolute Gasteiger partial charge is 0.219 e. The SMILES string of the molecule is C[N+](C)(C)c1cccc(O)c1O.[I-]. The van der Waals surface area contributed by atoms with Crippen LogP contribution in [0.15, 0.2) is 18.2 Å². The number of nitrogens with zero attached hydrogens (tertiary/aromatic N) is 1. The molecule has 0 saturated heterocycles. The number of rotatable bonds is 1. The van der Waals surface area contributed by atoms with Crippen LogP contribution in [0, 0.1) is 0 Å². The molecular formula is C9H14INO2. The van der Waals surface area contributed by atoms with Crippen molar-refractivity contribution in [1.29, 1.82) is 0 Å². The largest absolute Gasteiger partial charge is 1.00 e. The van der Waals surface area contributed by atoms with Gasteiger partial charge in [-0.25, -0.2) is 0 Å². The summed E-state index contributed by atoms with van der Waals surface area (Å²) in [6, 6.07) is 4.97. The molecule has 0 bridgehead atoms. The number of phenols is 2. The molecular weight excluding hydrogens is 281 g/mol. The summed E-state index contributed by atoms with van der Waals surface area (Å²) in [7, 11) is 5.78. The van der Waals surface area contributed by atoms with Crippen molar-refractivity contribution >= 4 is 5.69 Å². The zero-order chi connectivity index (χ0) is 9.35. The van der Waals surface area contributed by atoms with Gasteiger partial charge in [0.25, 0.3) is 0 Å². The molecule has 4 heteroatoms. The zero-order valence-corrected chi connectivity index (χ0v) is 10.1. The third kappa shape index (κ3) is 2.73. The summed E-state index contributed by atoms with van der Waals surface area (Å²) in [4.78, 5) is 0. The van der Waals surface area contributed by atoms with E-state index in [1.807, 2.05) is 21.1 Å². The number of para-hydroxylation sites is 1. The molecule has 0 aliphatic carbocycles. The Morgan fingerprint density at radius 1 is 1.08 bits per heavy atom. The molecule has 0 aromatic heterocycles. The maximum absolute atomic E-state index is 9.47. The van der Waals surface area contributed by atoms with E-state index in [4.69, 9.17) is 0 Å². The van der Waals surface area contributed by atoms with Crippen LogP contribution in [-0.4, -0.2) is 31.4 Å². The molecule has 0 fully saturated rings. The summed E-state index contributed by atoms with van der Waals surface area (Å²) in [5.41, 5.74) is 0.704. The fraction of sp³-hybridized carbons (Fsp3) is 0.333. The lowest BCUT2D eigenvalue weighted by Gasteiger charge is -2.24. The van der Waals surface area contributed by atoms with E-state index < -0.39 is 0 Å². The Balaban J connectivity index is 0.00000144. The lowest BCUT2D eigenvalue weighted by molar-refractivity contribution is -0.00000458. The van der Waals surface area contributed by atoms with Crippen LogP contribution < -0.4 is 28.5 Å². The zero-order valence-electron chi connectivity index (χ0n) is 7.95. The molecule has 0 unspecified atom stereocenters. The first-order chi connectivity index (χ1) is 5.43. The minimum Gasteiger partial charge on any atom is -1.00 e. The molecule has 0 heterocycles. The Hall–Kier alpha value is -0.490. The van der Waals surface area contributed by atoms with Crippen molar-refractivity contribution in [3.8, 4) is 11.5 Å². The van der Waals surface area contributed by atoms with Crippen molar-refractivity contribution in [3.63, 3.8) is 0 Å². The third-order valence-electron chi connectivity index (χ3n) is 1.72. The molecule has 74 valence electrons. The molecule has 0 aliphatic heterocycles. The second-order valence-corrected chi connectivity index (χ2v) is 3.66. The predicted molar refractivity (Wildman–Crippen MR) is 49.3 cm³/mol. The first-order valence-electron chi connectivity index (χ1n) is 3.76. The highest BCUT2D eigenvalue weighted by atomic mass is 127. The number of phenolic OH excluding ortho intramolecular Hbond substituents is 2. The van der Waals surface area contributed by atoms with E-state index >= 15 is 0 Å². The first-order valence-corrected chi connectivity index (χ1v) is 3.76. The predicted octanol–water partition coefficient (Wildman–Crippen LogP) is -1.70. The van der Waals surface area contributed by atoms with Crippen LogP contribution in [0.4, 0.5) is 5.69 Å². The Bertz CT molecular complexity index is 294. The van der Waals surface area contributed by atoms with Crippen molar-refractivity contribution in [3.05, 3.63) is 18.2 Å². The van der Waals surface area contributed by atoms with E-state index in [1.54, 1.807) is 12.1 Å². The normalized spacial score (nSPS) is 10.7. The number of quaternary nitrogens is 1. The van der Waals surface area contributed by atoms with Gasteiger partial charge in [0.2, 0.25) is 5.75 Å². The Kier molecular flexibility index (Phi) is 3.99. The highest BCUT2D eigenvalue weighted by molar-refractivity contribution is 5.60. The lowest BCUT2D eigenvalue weighted by Crippen LogP contribution is -3.00. The van der Waals surface area contributed by atoms with Crippen molar-refractivity contribution < 1.29 is 34.2 Å². The molecule has 0 atom stereocenters. The number of hydrogen-bond acceptors (Lipinski definition) is 2. The Labute approximate surface area is 95.2 Å². The maximum atomic E-state index is 9.47. The molecule has 0 spiro atoms. The van der Waals surface area contributed by atoms with Gasteiger partial charge in [0, 0.05) is 6.07 Å². The summed E-state index contributed by atoms with van der Waals surface area (Å²) in [6.45, 7) is 0. The van der Waals surface area contributed by atoms with Gasteiger partial charge in [-0.05, 0) is 6.07 Å². The van der Waals surface area contributed by atoms with Crippen molar-refractivity contribution in [2.75, 3.05) is 21.1 Å². The maximum Gasteiger partial charge on any atom is 0.219 e. The molecule has 13 heavy (non-hydrogen) atoms. The van der Waals surface area contributed by atoms with Gasteiger partial charge in [0.05, 0.1) is 21.1 Å². The van der Waals surface area contributed by atoms with E-state index in [2.05, 4.69) is 0 Å². The van der Waals surface area contributed by atoms with E-state index in [0.717, 1.165) is 0 Å². The van der Waals surface area contributed by atoms with E-state index in [-0.39, 0.29) is 35.5 Å². The van der Waals surface area contributed by atoms with Gasteiger partial charge < -0.3 is 34.2 Å². The summed E-state index contributed by atoms with van der Waals surface area (Å²) in [5.74, 6) is -0.106. The first kappa shape index (κ1) is 12.5. The molecule has 1 rings (SSSR count). The van der Waals surface area contributed by atoms with E-state index in [1.165, 1.54) is 6.07 Å². The molecule has 3 nitrogen and oxygen atoms in total. The van der Waals surface area contributed by atoms with Gasteiger partial charge >= 0.3 is 0 Å². The Morgan fingerprint density at radius 3 is 2.00 bits per heavy atom. The highest BCUT2D eigenvalue weighted by Crippen LogP contribution is 2.36. The quantitative estimate of drug-likeness (QED) is 0.368. The molecule has 1 aromatic rings. The number of hydrogen-bond donors (Lipinski definition) is 2. The van der Waals surface area contributed by atoms with Crippen LogP contribution in [0.2, 0.25) is 0 Å². The van der Waals surface area contributed by atoms with Crippen LogP contribution in [0.3, 0.4) is 0 Å². The second kappa shape index (κ2) is 4.15. The molecule has 0 amide bonds. The lowest BCUT2D eigenvalue weighted by atomic mass is 10.2. The number of halogens is 1. The van der Waals surface area contributed by atoms with Crippen LogP contribution in [-0.2, 0) is 0 Å². The molecule has 2 N–H and O–H groups in total. The fourth-order valence-electron chi connectivity index (χ4n) is 1.06. The second-order valence-electron chi connectivity index (χ2n) is 3.66. The van der Waals surface area contributed by atoms with Crippen molar-refractivity contribution in [1.82, 2.24) is 4.48 Å². The minimum absolute atomic E-state index is 0. The molecule has 0 aliphatic rings. The number of benzene rings is 1.